The van der Waals surface area contributed by atoms with Crippen LogP contribution in [0.2, 0.25) is 0 Å². The number of hydrogen-bond acceptors (Lipinski definition) is 0. The van der Waals surface area contributed by atoms with E-state index in [2.05, 4.69) is 42.2 Å². The van der Waals surface area contributed by atoms with Gasteiger partial charge in [-0.1, -0.05) is 0 Å². The molecule has 68 valence electrons. The average Bonchev–Trinajstić information content (AvgIpc) is 2.63. The normalized spacial score (nSPS) is 13.4. The van der Waals surface area contributed by atoms with Crippen molar-refractivity contribution in [3.8, 4) is 0 Å². The van der Waals surface area contributed by atoms with E-state index in [9.17, 15) is 0 Å². The first-order valence-electron chi connectivity index (χ1n) is 4.79. The molecule has 0 bridgehead atoms. The van der Waals surface area contributed by atoms with Crippen LogP contribution in [0.25, 0.3) is 8.79 Å². The molecule has 0 saturated heterocycles. The summed E-state index contributed by atoms with van der Waals surface area (Å²) >= 11 is 0.00709. The number of hydrogen-bond donors (Lipinski definition) is 0. The first kappa shape index (κ1) is 9.31. The van der Waals surface area contributed by atoms with E-state index in [-0.39, 0.29) is 20.4 Å². The Morgan fingerprint density at radius 2 is 2.15 bits per heavy atom. The molecule has 1 unspecified atom stereocenters. The molecule has 0 amide bonds. The molecular formula is C12H14Te. The average molecular weight is 286 g/mol. The molecule has 0 saturated carbocycles. The Kier molecular flexibility index (Phi) is 2.77. The van der Waals surface area contributed by atoms with Crippen molar-refractivity contribution >= 4 is 29.2 Å². The molecule has 0 nitrogen and oxygen atoms in total. The van der Waals surface area contributed by atoms with Gasteiger partial charge in [0.1, 0.15) is 0 Å². The zero-order valence-corrected chi connectivity index (χ0v) is 10.4. The Morgan fingerprint density at radius 1 is 1.31 bits per heavy atom. The van der Waals surface area contributed by atoms with Gasteiger partial charge in [0, 0.05) is 0 Å². The second-order valence-electron chi connectivity index (χ2n) is 3.50. The van der Waals surface area contributed by atoms with Gasteiger partial charge in [-0.15, -0.1) is 0 Å². The third-order valence-corrected chi connectivity index (χ3v) is 5.45. The van der Waals surface area contributed by atoms with Crippen molar-refractivity contribution in [1.29, 1.82) is 0 Å². The summed E-state index contributed by atoms with van der Waals surface area (Å²) in [6, 6.07) is 9.05. The SMILES string of the molecule is CCC(C)c1cccc2cc[te]c12. The van der Waals surface area contributed by atoms with Gasteiger partial charge >= 0.3 is 89.3 Å². The van der Waals surface area contributed by atoms with Crippen LogP contribution in [0.1, 0.15) is 31.7 Å². The molecule has 0 aliphatic rings. The summed E-state index contributed by atoms with van der Waals surface area (Å²) in [7, 11) is 0. The predicted molar refractivity (Wildman–Crippen MR) is 59.6 cm³/mol. The van der Waals surface area contributed by atoms with Crippen molar-refractivity contribution in [2.24, 2.45) is 0 Å². The van der Waals surface area contributed by atoms with Crippen molar-refractivity contribution in [1.82, 2.24) is 0 Å². The van der Waals surface area contributed by atoms with E-state index in [0.29, 0.717) is 0 Å². The van der Waals surface area contributed by atoms with Gasteiger partial charge in [-0.2, -0.15) is 0 Å². The molecule has 0 aliphatic carbocycles. The van der Waals surface area contributed by atoms with E-state index in [0.717, 1.165) is 5.92 Å². The van der Waals surface area contributed by atoms with Crippen LogP contribution >= 0.6 is 0 Å². The van der Waals surface area contributed by atoms with Gasteiger partial charge in [0.05, 0.1) is 0 Å². The number of benzene rings is 1. The fraction of sp³-hybridized carbons (Fsp3) is 0.333. The first-order valence-corrected chi connectivity index (χ1v) is 7.30. The Hall–Kier alpha value is -0.250. The first-order chi connectivity index (χ1) is 6.33. The molecule has 0 N–H and O–H groups in total. The van der Waals surface area contributed by atoms with Crippen LogP contribution in [0.4, 0.5) is 0 Å². The van der Waals surface area contributed by atoms with Crippen molar-refractivity contribution < 1.29 is 0 Å². The summed E-state index contributed by atoms with van der Waals surface area (Å²) in [5.41, 5.74) is 1.60. The zero-order valence-electron chi connectivity index (χ0n) is 8.08. The molecule has 1 heterocycles. The van der Waals surface area contributed by atoms with Gasteiger partial charge < -0.3 is 0 Å². The summed E-state index contributed by atoms with van der Waals surface area (Å²) in [4.78, 5) is 0. The van der Waals surface area contributed by atoms with E-state index in [4.69, 9.17) is 0 Å². The van der Waals surface area contributed by atoms with Crippen LogP contribution < -0.4 is 0 Å². The molecule has 0 radical (unpaired) electrons. The summed E-state index contributed by atoms with van der Waals surface area (Å²) in [5, 5.41) is 1.49. The van der Waals surface area contributed by atoms with Crippen LogP contribution in [0.3, 0.4) is 0 Å². The zero-order chi connectivity index (χ0) is 9.26. The summed E-state index contributed by atoms with van der Waals surface area (Å²) < 4.78 is 4.07. The number of rotatable bonds is 2. The van der Waals surface area contributed by atoms with Crippen LogP contribution in [-0.4, -0.2) is 20.4 Å². The molecule has 0 spiro atoms. The molecule has 1 atom stereocenters. The predicted octanol–water partition coefficient (Wildman–Crippen LogP) is 3.41. The topological polar surface area (TPSA) is 0 Å². The van der Waals surface area contributed by atoms with Gasteiger partial charge in [-0.3, -0.25) is 0 Å². The van der Waals surface area contributed by atoms with Gasteiger partial charge in [0.25, 0.3) is 0 Å². The third kappa shape index (κ3) is 1.68. The monoisotopic (exact) mass is 288 g/mol. The Labute approximate surface area is 89.2 Å². The molecular weight excluding hydrogens is 272 g/mol. The molecule has 1 heteroatoms. The fourth-order valence-electron chi connectivity index (χ4n) is 1.62. The Bertz CT molecular complexity index is 400. The third-order valence-electron chi connectivity index (χ3n) is 2.65. The second kappa shape index (κ2) is 3.86. The maximum absolute atomic E-state index is 2.39. The Morgan fingerprint density at radius 3 is 2.92 bits per heavy atom. The van der Waals surface area contributed by atoms with Crippen LogP contribution in [0.5, 0.6) is 0 Å². The summed E-state index contributed by atoms with van der Waals surface area (Å²) in [5.74, 6) is 0.736. The van der Waals surface area contributed by atoms with E-state index in [1.54, 1.807) is 8.97 Å². The Balaban J connectivity index is 2.60. The van der Waals surface area contributed by atoms with Crippen molar-refractivity contribution in [3.63, 3.8) is 0 Å². The van der Waals surface area contributed by atoms with Gasteiger partial charge in [-0.25, -0.2) is 0 Å². The van der Waals surface area contributed by atoms with Gasteiger partial charge in [0.2, 0.25) is 0 Å². The van der Waals surface area contributed by atoms with Crippen molar-refractivity contribution in [3.05, 3.63) is 33.9 Å². The van der Waals surface area contributed by atoms with E-state index < -0.39 is 0 Å². The van der Waals surface area contributed by atoms with Crippen molar-refractivity contribution in [2.45, 2.75) is 26.2 Å². The summed E-state index contributed by atoms with van der Waals surface area (Å²) in [6.07, 6.45) is 1.25. The fourth-order valence-corrected chi connectivity index (χ4v) is 4.56. The second-order valence-corrected chi connectivity index (χ2v) is 6.11. The van der Waals surface area contributed by atoms with E-state index >= 15 is 0 Å². The van der Waals surface area contributed by atoms with Crippen LogP contribution in [-0.2, 0) is 0 Å². The van der Waals surface area contributed by atoms with E-state index in [1.165, 1.54) is 11.8 Å². The molecule has 1 aromatic carbocycles. The minimum atomic E-state index is 0.00709. The molecule has 2 rings (SSSR count). The molecule has 1 aromatic heterocycles. The molecule has 13 heavy (non-hydrogen) atoms. The quantitative estimate of drug-likeness (QED) is 0.742. The molecule has 0 aliphatic heterocycles. The van der Waals surface area contributed by atoms with Gasteiger partial charge in [0.15, 0.2) is 0 Å². The molecule has 2 aromatic rings. The number of fused-ring (bicyclic) bond motifs is 1. The van der Waals surface area contributed by atoms with Crippen LogP contribution in [0.15, 0.2) is 28.3 Å². The summed E-state index contributed by atoms with van der Waals surface area (Å²) in [6.45, 7) is 4.61. The van der Waals surface area contributed by atoms with E-state index in [1.807, 2.05) is 0 Å². The standard InChI is InChI=1S/C12H14Te/c1-3-9(2)11-6-4-5-10-7-8-13-12(10)11/h4-9H,3H2,1-2H3. The van der Waals surface area contributed by atoms with Gasteiger partial charge in [-0.05, 0) is 0 Å². The maximum atomic E-state index is 2.39. The minimum absolute atomic E-state index is 0.00709. The molecule has 0 fully saturated rings. The van der Waals surface area contributed by atoms with Crippen LogP contribution in [0, 0.1) is 0 Å². The van der Waals surface area contributed by atoms with Crippen molar-refractivity contribution in [2.75, 3.05) is 0 Å².